The quantitative estimate of drug-likeness (QED) is 0.713. The zero-order valence-corrected chi connectivity index (χ0v) is 17.0. The Kier molecular flexibility index (Phi) is 6.21. The van der Waals surface area contributed by atoms with Gasteiger partial charge in [0.15, 0.2) is 11.2 Å². The molecule has 28 heavy (non-hydrogen) atoms. The summed E-state index contributed by atoms with van der Waals surface area (Å²) in [6.07, 6.45) is 4.82. The molecule has 0 spiro atoms. The highest BCUT2D eigenvalue weighted by atomic mass is 16.2. The fraction of sp³-hybridized carbons (Fsp3) is 0.684. The van der Waals surface area contributed by atoms with Crippen molar-refractivity contribution in [3.05, 3.63) is 20.8 Å². The van der Waals surface area contributed by atoms with Crippen LogP contribution in [0.1, 0.15) is 46.0 Å². The van der Waals surface area contributed by atoms with Gasteiger partial charge in [0.05, 0.1) is 0 Å². The fourth-order valence-corrected chi connectivity index (χ4v) is 3.75. The number of imidazole rings is 1. The Balaban J connectivity index is 1.95. The molecule has 1 saturated heterocycles. The molecule has 3 heterocycles. The summed E-state index contributed by atoms with van der Waals surface area (Å²) in [4.78, 5) is 47.5. The first-order valence-electron chi connectivity index (χ1n) is 10.2. The fourth-order valence-electron chi connectivity index (χ4n) is 3.75. The minimum absolute atomic E-state index is 0.159. The van der Waals surface area contributed by atoms with Gasteiger partial charge >= 0.3 is 5.69 Å². The van der Waals surface area contributed by atoms with E-state index in [2.05, 4.69) is 21.8 Å². The van der Waals surface area contributed by atoms with E-state index in [1.165, 1.54) is 4.57 Å². The summed E-state index contributed by atoms with van der Waals surface area (Å²) in [5.74, 6) is 0.869. The van der Waals surface area contributed by atoms with Gasteiger partial charge in [-0.3, -0.25) is 19.1 Å². The molecule has 9 nitrogen and oxygen atoms in total. The largest absolute Gasteiger partial charge is 0.339 e. The van der Waals surface area contributed by atoms with E-state index in [1.807, 2.05) is 16.4 Å². The Labute approximate surface area is 164 Å². The number of hydrogen-bond donors (Lipinski definition) is 1. The Morgan fingerprint density at radius 3 is 2.43 bits per heavy atom. The van der Waals surface area contributed by atoms with Gasteiger partial charge in [-0.05, 0) is 6.42 Å². The van der Waals surface area contributed by atoms with Crippen molar-refractivity contribution < 1.29 is 4.79 Å². The number of unbranched alkanes of at least 4 members (excludes halogenated alkanes) is 3. The SMILES string of the molecule is CCCCCCn1c(N2CCN(C(=O)CC)CC2)nc2c1c(=O)[nH]c(=O)n2C. The first kappa shape index (κ1) is 20.2. The minimum atomic E-state index is -0.460. The number of H-pyrrole nitrogens is 1. The van der Waals surface area contributed by atoms with Crippen LogP contribution in [0, 0.1) is 0 Å². The Morgan fingerprint density at radius 2 is 1.79 bits per heavy atom. The predicted octanol–water partition coefficient (Wildman–Crippen LogP) is 1.06. The molecule has 1 fully saturated rings. The van der Waals surface area contributed by atoms with Crippen molar-refractivity contribution in [2.24, 2.45) is 7.05 Å². The van der Waals surface area contributed by atoms with Crippen LogP contribution in [0.3, 0.4) is 0 Å². The topological polar surface area (TPSA) is 96.2 Å². The molecule has 0 unspecified atom stereocenters. The lowest BCUT2D eigenvalue weighted by molar-refractivity contribution is -0.131. The second kappa shape index (κ2) is 8.62. The molecule has 0 atom stereocenters. The molecule has 1 aliphatic heterocycles. The molecule has 9 heteroatoms. The maximum atomic E-state index is 12.5. The van der Waals surface area contributed by atoms with Gasteiger partial charge in [-0.2, -0.15) is 4.98 Å². The van der Waals surface area contributed by atoms with Gasteiger partial charge in [0.1, 0.15) is 0 Å². The number of aryl methyl sites for hydroxylation is 2. The zero-order valence-electron chi connectivity index (χ0n) is 17.0. The molecule has 1 amide bonds. The van der Waals surface area contributed by atoms with Crippen LogP contribution >= 0.6 is 0 Å². The number of rotatable bonds is 7. The van der Waals surface area contributed by atoms with Gasteiger partial charge in [-0.15, -0.1) is 0 Å². The number of nitrogens with zero attached hydrogens (tertiary/aromatic N) is 5. The van der Waals surface area contributed by atoms with Crippen LogP contribution in [0.4, 0.5) is 5.95 Å². The number of amides is 1. The van der Waals surface area contributed by atoms with Gasteiger partial charge in [0, 0.05) is 46.2 Å². The van der Waals surface area contributed by atoms with E-state index in [0.717, 1.165) is 25.7 Å². The average Bonchev–Trinajstić information content (AvgIpc) is 3.09. The van der Waals surface area contributed by atoms with Gasteiger partial charge in [-0.25, -0.2) is 4.79 Å². The van der Waals surface area contributed by atoms with Crippen molar-refractivity contribution in [1.82, 2.24) is 24.0 Å². The van der Waals surface area contributed by atoms with Crippen LogP contribution < -0.4 is 16.1 Å². The lowest BCUT2D eigenvalue weighted by atomic mass is 10.2. The molecule has 2 aromatic rings. The van der Waals surface area contributed by atoms with E-state index >= 15 is 0 Å². The van der Waals surface area contributed by atoms with Crippen LogP contribution in [-0.4, -0.2) is 56.1 Å². The van der Waals surface area contributed by atoms with E-state index in [0.29, 0.717) is 56.3 Å². The minimum Gasteiger partial charge on any atom is -0.339 e. The van der Waals surface area contributed by atoms with Crippen LogP contribution in [0.5, 0.6) is 0 Å². The molecule has 0 saturated carbocycles. The number of anilines is 1. The second-order valence-corrected chi connectivity index (χ2v) is 7.34. The van der Waals surface area contributed by atoms with E-state index in [9.17, 15) is 14.4 Å². The maximum Gasteiger partial charge on any atom is 0.329 e. The molecule has 1 aliphatic rings. The summed E-state index contributed by atoms with van der Waals surface area (Å²) in [6.45, 7) is 7.32. The number of hydrogen-bond acceptors (Lipinski definition) is 5. The van der Waals surface area contributed by atoms with Crippen LogP contribution in [0.15, 0.2) is 9.59 Å². The molecule has 154 valence electrons. The number of aromatic amines is 1. The first-order chi connectivity index (χ1) is 13.5. The van der Waals surface area contributed by atoms with Crippen LogP contribution in [0.25, 0.3) is 11.2 Å². The number of nitrogens with one attached hydrogen (secondary N) is 1. The van der Waals surface area contributed by atoms with Crippen molar-refractivity contribution >= 4 is 23.0 Å². The normalized spacial score (nSPS) is 14.8. The molecule has 0 bridgehead atoms. The number of carbonyl (C=O) groups excluding carboxylic acids is 1. The molecular formula is C19H30N6O3. The van der Waals surface area contributed by atoms with Crippen LogP contribution in [0.2, 0.25) is 0 Å². The Hall–Kier alpha value is -2.58. The van der Waals surface area contributed by atoms with E-state index in [4.69, 9.17) is 0 Å². The summed E-state index contributed by atoms with van der Waals surface area (Å²) >= 11 is 0. The molecule has 0 aliphatic carbocycles. The number of fused-ring (bicyclic) bond motifs is 1. The lowest BCUT2D eigenvalue weighted by Crippen LogP contribution is -2.49. The Bertz CT molecular complexity index is 949. The summed E-state index contributed by atoms with van der Waals surface area (Å²) in [7, 11) is 1.62. The van der Waals surface area contributed by atoms with Gasteiger partial charge in [0.2, 0.25) is 11.9 Å². The Morgan fingerprint density at radius 1 is 1.07 bits per heavy atom. The zero-order chi connectivity index (χ0) is 20.3. The molecule has 2 aromatic heterocycles. The summed E-state index contributed by atoms with van der Waals surface area (Å²) in [5.41, 5.74) is -0.00264. The van der Waals surface area contributed by atoms with Gasteiger partial charge in [-0.1, -0.05) is 33.1 Å². The van der Waals surface area contributed by atoms with Crippen molar-refractivity contribution in [2.75, 3.05) is 31.1 Å². The van der Waals surface area contributed by atoms with Gasteiger partial charge in [0.25, 0.3) is 5.56 Å². The van der Waals surface area contributed by atoms with Crippen molar-refractivity contribution in [1.29, 1.82) is 0 Å². The third-order valence-electron chi connectivity index (χ3n) is 5.44. The average molecular weight is 390 g/mol. The number of carbonyl (C=O) groups is 1. The number of piperazine rings is 1. The highest BCUT2D eigenvalue weighted by molar-refractivity contribution is 5.76. The second-order valence-electron chi connectivity index (χ2n) is 7.34. The van der Waals surface area contributed by atoms with Crippen LogP contribution in [-0.2, 0) is 18.4 Å². The van der Waals surface area contributed by atoms with Crippen molar-refractivity contribution in [3.8, 4) is 0 Å². The highest BCUT2D eigenvalue weighted by Crippen LogP contribution is 2.22. The standard InChI is InChI=1S/C19H30N6O3/c1-4-6-7-8-9-25-15-16(22(3)19(28)21-17(15)27)20-18(25)24-12-10-23(11-13-24)14(26)5-2/h4-13H2,1-3H3,(H,21,27,28). The predicted molar refractivity (Wildman–Crippen MR) is 109 cm³/mol. The monoisotopic (exact) mass is 390 g/mol. The summed E-state index contributed by atoms with van der Waals surface area (Å²) in [6, 6.07) is 0. The highest BCUT2D eigenvalue weighted by Gasteiger charge is 2.26. The first-order valence-corrected chi connectivity index (χ1v) is 10.2. The van der Waals surface area contributed by atoms with E-state index in [1.54, 1.807) is 7.05 Å². The maximum absolute atomic E-state index is 12.5. The lowest BCUT2D eigenvalue weighted by Gasteiger charge is -2.35. The number of aromatic nitrogens is 4. The summed E-state index contributed by atoms with van der Waals surface area (Å²) in [5, 5.41) is 0. The van der Waals surface area contributed by atoms with E-state index in [-0.39, 0.29) is 5.91 Å². The third-order valence-corrected chi connectivity index (χ3v) is 5.44. The molecular weight excluding hydrogens is 360 g/mol. The van der Waals surface area contributed by atoms with E-state index < -0.39 is 11.2 Å². The summed E-state index contributed by atoms with van der Waals surface area (Å²) < 4.78 is 3.33. The molecule has 0 radical (unpaired) electrons. The molecule has 1 N–H and O–H groups in total. The molecule has 3 rings (SSSR count). The van der Waals surface area contributed by atoms with Crippen molar-refractivity contribution in [3.63, 3.8) is 0 Å². The smallest absolute Gasteiger partial charge is 0.329 e. The third kappa shape index (κ3) is 3.83. The molecule has 0 aromatic carbocycles. The van der Waals surface area contributed by atoms with Crippen molar-refractivity contribution in [2.45, 2.75) is 52.5 Å². The van der Waals surface area contributed by atoms with Gasteiger partial charge < -0.3 is 14.4 Å².